The van der Waals surface area contributed by atoms with Crippen molar-refractivity contribution in [2.24, 2.45) is 5.92 Å². The van der Waals surface area contributed by atoms with E-state index in [-0.39, 0.29) is 12.0 Å². The third kappa shape index (κ3) is 6.75. The lowest BCUT2D eigenvalue weighted by Gasteiger charge is -2.26. The first kappa shape index (κ1) is 17.7. The zero-order valence-electron chi connectivity index (χ0n) is 13.8. The van der Waals surface area contributed by atoms with E-state index in [9.17, 15) is 4.79 Å². The van der Waals surface area contributed by atoms with Crippen LogP contribution in [-0.2, 0) is 11.2 Å². The van der Waals surface area contributed by atoms with E-state index in [1.807, 2.05) is 27.7 Å². The highest BCUT2D eigenvalue weighted by atomic mass is 32.1. The molecule has 6 nitrogen and oxygen atoms in total. The highest BCUT2D eigenvalue weighted by Crippen LogP contribution is 2.13. The number of aryl methyl sites for hydroxylation is 1. The molecule has 0 aliphatic carbocycles. The van der Waals surface area contributed by atoms with E-state index in [1.165, 1.54) is 11.5 Å². The molecule has 7 heteroatoms. The van der Waals surface area contributed by atoms with Crippen LogP contribution in [0.3, 0.4) is 0 Å². The second-order valence-corrected chi connectivity index (χ2v) is 6.97. The van der Waals surface area contributed by atoms with Gasteiger partial charge in [-0.3, -0.25) is 0 Å². The molecule has 0 saturated heterocycles. The summed E-state index contributed by atoms with van der Waals surface area (Å²) in [5.74, 6) is 1.15. The first-order valence-corrected chi connectivity index (χ1v) is 7.99. The van der Waals surface area contributed by atoms with Gasteiger partial charge in [-0.1, -0.05) is 13.8 Å². The number of amides is 1. The summed E-state index contributed by atoms with van der Waals surface area (Å²) in [5, 5.41) is 4.09. The molecule has 1 atom stereocenters. The number of nitrogens with one attached hydrogen (secondary N) is 1. The van der Waals surface area contributed by atoms with E-state index in [4.69, 9.17) is 4.74 Å². The minimum Gasteiger partial charge on any atom is -0.444 e. The maximum atomic E-state index is 11.9. The van der Waals surface area contributed by atoms with Gasteiger partial charge in [-0.25, -0.2) is 9.78 Å². The minimum atomic E-state index is -0.462. The third-order valence-corrected chi connectivity index (χ3v) is 3.39. The van der Waals surface area contributed by atoms with E-state index in [2.05, 4.69) is 21.6 Å². The van der Waals surface area contributed by atoms with Gasteiger partial charge in [-0.15, -0.1) is 0 Å². The maximum Gasteiger partial charge on any atom is 0.410 e. The SMILES string of the molecule is CCc1nsc(NC[C@@H](C)CN(C)C(=O)OC(C)(C)C)n1. The highest BCUT2D eigenvalue weighted by molar-refractivity contribution is 7.09. The van der Waals surface area contributed by atoms with Crippen LogP contribution in [0.1, 0.15) is 40.4 Å². The van der Waals surface area contributed by atoms with Gasteiger partial charge in [0.25, 0.3) is 0 Å². The smallest absolute Gasteiger partial charge is 0.410 e. The summed E-state index contributed by atoms with van der Waals surface area (Å²) in [6, 6.07) is 0. The molecule has 0 bridgehead atoms. The monoisotopic (exact) mass is 314 g/mol. The Morgan fingerprint density at radius 3 is 2.67 bits per heavy atom. The van der Waals surface area contributed by atoms with Crippen molar-refractivity contribution in [3.63, 3.8) is 0 Å². The summed E-state index contributed by atoms with van der Waals surface area (Å²) < 4.78 is 9.55. The van der Waals surface area contributed by atoms with E-state index in [0.717, 1.165) is 23.9 Å². The summed E-state index contributed by atoms with van der Waals surface area (Å²) >= 11 is 1.37. The van der Waals surface area contributed by atoms with E-state index in [1.54, 1.807) is 11.9 Å². The molecule has 1 amide bonds. The zero-order chi connectivity index (χ0) is 16.0. The Hall–Kier alpha value is -1.37. The fraction of sp³-hybridized carbons (Fsp3) is 0.786. The van der Waals surface area contributed by atoms with Gasteiger partial charge in [0, 0.05) is 38.1 Å². The Morgan fingerprint density at radius 1 is 1.48 bits per heavy atom. The molecule has 21 heavy (non-hydrogen) atoms. The average Bonchev–Trinajstić information content (AvgIpc) is 2.82. The number of carbonyl (C=O) groups excluding carboxylic acids is 1. The van der Waals surface area contributed by atoms with Gasteiger partial charge in [0.05, 0.1) is 0 Å². The first-order chi connectivity index (χ1) is 9.71. The molecule has 1 heterocycles. The molecule has 0 fully saturated rings. The standard InChI is InChI=1S/C14H26N4O2S/c1-7-11-16-12(21-17-11)15-8-10(2)9-18(6)13(19)20-14(3,4)5/h10H,7-9H2,1-6H3,(H,15,16,17)/t10-/m1/s1. The van der Waals surface area contributed by atoms with Gasteiger partial charge in [-0.2, -0.15) is 4.37 Å². The normalized spacial score (nSPS) is 12.9. The Bertz CT molecular complexity index is 456. The molecule has 0 radical (unpaired) electrons. The number of nitrogens with zero attached hydrogens (tertiary/aromatic N) is 3. The maximum absolute atomic E-state index is 11.9. The molecule has 0 aromatic carbocycles. The molecule has 0 saturated carbocycles. The summed E-state index contributed by atoms with van der Waals surface area (Å²) in [6.45, 7) is 11.1. The van der Waals surface area contributed by atoms with Crippen LogP contribution in [0.2, 0.25) is 0 Å². The fourth-order valence-corrected chi connectivity index (χ4v) is 2.33. The van der Waals surface area contributed by atoms with Crippen molar-refractivity contribution in [2.45, 2.75) is 46.6 Å². The average molecular weight is 314 g/mol. The van der Waals surface area contributed by atoms with Crippen LogP contribution in [0.4, 0.5) is 9.93 Å². The van der Waals surface area contributed by atoms with Crippen molar-refractivity contribution in [1.82, 2.24) is 14.3 Å². The summed E-state index contributed by atoms with van der Waals surface area (Å²) in [4.78, 5) is 17.8. The van der Waals surface area contributed by atoms with Gasteiger partial charge in [0.1, 0.15) is 11.4 Å². The van der Waals surface area contributed by atoms with E-state index < -0.39 is 5.60 Å². The van der Waals surface area contributed by atoms with Crippen LogP contribution in [0.5, 0.6) is 0 Å². The van der Waals surface area contributed by atoms with E-state index >= 15 is 0 Å². The largest absolute Gasteiger partial charge is 0.444 e. The number of anilines is 1. The lowest BCUT2D eigenvalue weighted by atomic mass is 10.1. The number of ether oxygens (including phenoxy) is 1. The van der Waals surface area contributed by atoms with Crippen LogP contribution in [0.25, 0.3) is 0 Å². The molecule has 0 aliphatic rings. The Balaban J connectivity index is 2.35. The topological polar surface area (TPSA) is 67.4 Å². The second kappa shape index (κ2) is 7.59. The highest BCUT2D eigenvalue weighted by Gasteiger charge is 2.20. The van der Waals surface area contributed by atoms with Crippen molar-refractivity contribution < 1.29 is 9.53 Å². The molecular weight excluding hydrogens is 288 g/mol. The fourth-order valence-electron chi connectivity index (χ4n) is 1.68. The van der Waals surface area contributed by atoms with Gasteiger partial charge in [-0.05, 0) is 26.7 Å². The van der Waals surface area contributed by atoms with Gasteiger partial charge in [0.2, 0.25) is 5.13 Å². The Morgan fingerprint density at radius 2 is 2.14 bits per heavy atom. The molecule has 1 aromatic heterocycles. The molecule has 0 aliphatic heterocycles. The van der Waals surface area contributed by atoms with Crippen LogP contribution >= 0.6 is 11.5 Å². The molecular formula is C14H26N4O2S. The Labute approximate surface area is 131 Å². The molecule has 1 N–H and O–H groups in total. The van der Waals surface area contributed by atoms with Gasteiger partial charge < -0.3 is 15.0 Å². The predicted octanol–water partition coefficient (Wildman–Crippen LogP) is 3.02. The number of carbonyl (C=O) groups is 1. The minimum absolute atomic E-state index is 0.288. The molecule has 120 valence electrons. The van der Waals surface area contributed by atoms with Gasteiger partial charge >= 0.3 is 6.09 Å². The molecule has 1 aromatic rings. The summed E-state index contributed by atoms with van der Waals surface area (Å²) in [7, 11) is 1.75. The predicted molar refractivity (Wildman–Crippen MR) is 85.8 cm³/mol. The molecule has 1 rings (SSSR count). The quantitative estimate of drug-likeness (QED) is 0.874. The summed E-state index contributed by atoms with van der Waals surface area (Å²) in [5.41, 5.74) is -0.462. The summed E-state index contributed by atoms with van der Waals surface area (Å²) in [6.07, 6.45) is 0.549. The number of hydrogen-bond donors (Lipinski definition) is 1. The number of rotatable bonds is 6. The van der Waals surface area contributed by atoms with Crippen molar-refractivity contribution in [1.29, 1.82) is 0 Å². The number of hydrogen-bond acceptors (Lipinski definition) is 6. The lowest BCUT2D eigenvalue weighted by Crippen LogP contribution is -2.37. The van der Waals surface area contributed by atoms with Crippen LogP contribution in [0, 0.1) is 5.92 Å². The van der Waals surface area contributed by atoms with Crippen molar-refractivity contribution in [2.75, 3.05) is 25.5 Å². The molecule has 0 unspecified atom stereocenters. The van der Waals surface area contributed by atoms with Crippen molar-refractivity contribution >= 4 is 22.8 Å². The Kier molecular flexibility index (Phi) is 6.39. The zero-order valence-corrected chi connectivity index (χ0v) is 14.6. The van der Waals surface area contributed by atoms with Crippen LogP contribution in [-0.4, -0.2) is 46.1 Å². The molecule has 0 spiro atoms. The van der Waals surface area contributed by atoms with Crippen molar-refractivity contribution in [3.8, 4) is 0 Å². The second-order valence-electron chi connectivity index (χ2n) is 6.22. The first-order valence-electron chi connectivity index (χ1n) is 7.21. The lowest BCUT2D eigenvalue weighted by molar-refractivity contribution is 0.0279. The van der Waals surface area contributed by atoms with Crippen molar-refractivity contribution in [3.05, 3.63) is 5.82 Å². The van der Waals surface area contributed by atoms with E-state index in [0.29, 0.717) is 6.54 Å². The van der Waals surface area contributed by atoms with Gasteiger partial charge in [0.15, 0.2) is 0 Å². The van der Waals surface area contributed by atoms with Crippen LogP contribution < -0.4 is 5.32 Å². The van der Waals surface area contributed by atoms with Crippen LogP contribution in [0.15, 0.2) is 0 Å². The third-order valence-electron chi connectivity index (χ3n) is 2.68. The number of aromatic nitrogens is 2.